The number of allylic oxidation sites excluding steroid dienone is 13. The zero-order valence-electron chi connectivity index (χ0n) is 24.6. The van der Waals surface area contributed by atoms with Crippen molar-refractivity contribution in [2.75, 3.05) is 0 Å². The van der Waals surface area contributed by atoms with Crippen LogP contribution in [0.3, 0.4) is 0 Å². The van der Waals surface area contributed by atoms with Crippen molar-refractivity contribution in [2.24, 2.45) is 5.92 Å². The summed E-state index contributed by atoms with van der Waals surface area (Å²) in [7, 11) is 0. The van der Waals surface area contributed by atoms with Gasteiger partial charge in [-0.25, -0.2) is 0 Å². The highest BCUT2D eigenvalue weighted by Gasteiger charge is 2.28. The van der Waals surface area contributed by atoms with E-state index in [0.29, 0.717) is 5.56 Å². The van der Waals surface area contributed by atoms with E-state index in [1.54, 1.807) is 0 Å². The third-order valence-corrected chi connectivity index (χ3v) is 9.51. The Morgan fingerprint density at radius 1 is 0.682 bits per heavy atom. The van der Waals surface area contributed by atoms with Gasteiger partial charge in [0.25, 0.3) is 0 Å². The summed E-state index contributed by atoms with van der Waals surface area (Å²) in [6.45, 7) is 4.64. The molecule has 8 rings (SSSR count). The van der Waals surface area contributed by atoms with Gasteiger partial charge in [-0.1, -0.05) is 134 Å². The molecule has 1 heteroatoms. The van der Waals surface area contributed by atoms with Crippen molar-refractivity contribution in [1.29, 1.82) is 5.26 Å². The van der Waals surface area contributed by atoms with Crippen LogP contribution in [0.15, 0.2) is 162 Å². The minimum Gasteiger partial charge on any atom is -0.192 e. The van der Waals surface area contributed by atoms with Crippen molar-refractivity contribution >= 4 is 5.57 Å². The van der Waals surface area contributed by atoms with Gasteiger partial charge < -0.3 is 0 Å². The van der Waals surface area contributed by atoms with Crippen LogP contribution in [0.1, 0.15) is 35.1 Å². The molecule has 1 unspecified atom stereocenters. The molecule has 1 nitrogen and oxygen atoms in total. The van der Waals surface area contributed by atoms with Crippen molar-refractivity contribution in [1.82, 2.24) is 0 Å². The quantitative estimate of drug-likeness (QED) is 0.201. The Kier molecular flexibility index (Phi) is 6.36. The number of nitriles is 1. The minimum atomic E-state index is 0.265. The maximum Gasteiger partial charge on any atom is 0.0998 e. The van der Waals surface area contributed by atoms with Crippen LogP contribution in [0.5, 0.6) is 0 Å². The molecule has 4 aliphatic rings. The Bertz CT molecular complexity index is 2100. The molecule has 1 atom stereocenters. The molecule has 0 saturated carbocycles. The lowest BCUT2D eigenvalue weighted by Crippen LogP contribution is -2.13. The molecule has 4 aromatic carbocycles. The molecule has 0 bridgehead atoms. The smallest absolute Gasteiger partial charge is 0.0998 e. The summed E-state index contributed by atoms with van der Waals surface area (Å²) in [5, 5.41) is 9.60. The van der Waals surface area contributed by atoms with E-state index in [-0.39, 0.29) is 5.92 Å². The fourth-order valence-corrected chi connectivity index (χ4v) is 7.36. The van der Waals surface area contributed by atoms with Crippen LogP contribution in [0.4, 0.5) is 0 Å². The summed E-state index contributed by atoms with van der Waals surface area (Å²) >= 11 is 0. The average molecular weight is 562 g/mol. The van der Waals surface area contributed by atoms with E-state index in [1.165, 1.54) is 66.8 Å². The van der Waals surface area contributed by atoms with Crippen molar-refractivity contribution in [3.63, 3.8) is 0 Å². The second-order valence-electron chi connectivity index (χ2n) is 12.1. The minimum absolute atomic E-state index is 0.265. The number of nitrogens with zero attached hydrogens (tertiary/aromatic N) is 1. The lowest BCUT2D eigenvalue weighted by Gasteiger charge is -2.27. The third-order valence-electron chi connectivity index (χ3n) is 9.51. The normalized spacial score (nSPS) is 17.9. The van der Waals surface area contributed by atoms with Gasteiger partial charge in [-0.3, -0.25) is 0 Å². The van der Waals surface area contributed by atoms with Crippen LogP contribution < -0.4 is 0 Å². The number of benzene rings is 4. The summed E-state index contributed by atoms with van der Waals surface area (Å²) in [6.07, 6.45) is 20.7. The van der Waals surface area contributed by atoms with E-state index < -0.39 is 0 Å². The largest absolute Gasteiger partial charge is 0.192 e. The number of rotatable bonds is 3. The Labute approximate surface area is 259 Å². The highest BCUT2D eigenvalue weighted by atomic mass is 14.3. The van der Waals surface area contributed by atoms with Crippen molar-refractivity contribution in [2.45, 2.75) is 19.3 Å². The standard InChI is InChI=1S/C43H31N/c1-28-24-33(21-20-32-19-18-29-8-3-2-4-12-39(29)42(28)32)34-22-23-35-25-36-10-7-13-40(43(36)41(35)26-34)31-16-14-30(15-17-31)38-11-6-5-9-37(38)27-44/h2-11,13-23,26,42H,1,12,24-25H2. The fourth-order valence-electron chi connectivity index (χ4n) is 7.36. The summed E-state index contributed by atoms with van der Waals surface area (Å²) in [4.78, 5) is 0. The van der Waals surface area contributed by atoms with Gasteiger partial charge in [0.1, 0.15) is 0 Å². The van der Waals surface area contributed by atoms with E-state index in [9.17, 15) is 5.26 Å². The topological polar surface area (TPSA) is 23.8 Å². The molecule has 0 aliphatic heterocycles. The molecular formula is C43H31N. The predicted octanol–water partition coefficient (Wildman–Crippen LogP) is 10.7. The highest BCUT2D eigenvalue weighted by Crippen LogP contribution is 2.46. The first kappa shape index (κ1) is 26.2. The van der Waals surface area contributed by atoms with Gasteiger partial charge in [0.2, 0.25) is 0 Å². The number of fused-ring (bicyclic) bond motifs is 5. The van der Waals surface area contributed by atoms with Gasteiger partial charge in [0, 0.05) is 5.92 Å². The van der Waals surface area contributed by atoms with Gasteiger partial charge >= 0.3 is 0 Å². The molecule has 0 spiro atoms. The zero-order chi connectivity index (χ0) is 29.6. The summed E-state index contributed by atoms with van der Waals surface area (Å²) in [5.74, 6) is 0.265. The highest BCUT2D eigenvalue weighted by molar-refractivity contribution is 5.92. The molecule has 0 saturated heterocycles. The lowest BCUT2D eigenvalue weighted by molar-refractivity contribution is 0.799. The molecule has 4 aliphatic carbocycles. The van der Waals surface area contributed by atoms with Gasteiger partial charge in [-0.2, -0.15) is 5.26 Å². The molecule has 0 aromatic heterocycles. The van der Waals surface area contributed by atoms with Crippen LogP contribution in [0.25, 0.3) is 39.0 Å². The summed E-state index contributed by atoms with van der Waals surface area (Å²) in [5.41, 5.74) is 18.6. The summed E-state index contributed by atoms with van der Waals surface area (Å²) < 4.78 is 0. The molecule has 0 fully saturated rings. The molecular weight excluding hydrogens is 530 g/mol. The monoisotopic (exact) mass is 561 g/mol. The van der Waals surface area contributed by atoms with Crippen LogP contribution in [0.2, 0.25) is 0 Å². The van der Waals surface area contributed by atoms with Crippen molar-refractivity contribution in [3.05, 3.63) is 185 Å². The van der Waals surface area contributed by atoms with Crippen LogP contribution >= 0.6 is 0 Å². The number of hydrogen-bond acceptors (Lipinski definition) is 1. The fraction of sp³-hybridized carbons (Fsp3) is 0.0930. The SMILES string of the molecule is C=C1CC(c2ccc3c(c2)-c2c(cccc2-c2ccc(-c4ccccc4C#N)cc2)C3)=CC=C2C=CC3=C(CC=CC=C3)C12. The van der Waals surface area contributed by atoms with Gasteiger partial charge in [0.15, 0.2) is 0 Å². The molecule has 0 heterocycles. The zero-order valence-corrected chi connectivity index (χ0v) is 24.6. The first-order valence-electron chi connectivity index (χ1n) is 15.4. The first-order valence-corrected chi connectivity index (χ1v) is 15.4. The van der Waals surface area contributed by atoms with Gasteiger partial charge in [-0.05, 0) is 104 Å². The van der Waals surface area contributed by atoms with Gasteiger partial charge in [-0.15, -0.1) is 0 Å². The Morgan fingerprint density at radius 3 is 2.34 bits per heavy atom. The second kappa shape index (κ2) is 10.7. The van der Waals surface area contributed by atoms with Gasteiger partial charge in [0.05, 0.1) is 11.6 Å². The molecule has 4 aromatic rings. The maximum atomic E-state index is 9.60. The van der Waals surface area contributed by atoms with Crippen molar-refractivity contribution < 1.29 is 0 Å². The molecule has 44 heavy (non-hydrogen) atoms. The second-order valence-corrected chi connectivity index (χ2v) is 12.1. The van der Waals surface area contributed by atoms with E-state index in [4.69, 9.17) is 0 Å². The van der Waals surface area contributed by atoms with Crippen LogP contribution in [-0.4, -0.2) is 0 Å². The number of hydrogen-bond donors (Lipinski definition) is 0. The van der Waals surface area contributed by atoms with E-state index in [1.807, 2.05) is 24.3 Å². The Morgan fingerprint density at radius 2 is 1.48 bits per heavy atom. The van der Waals surface area contributed by atoms with Crippen LogP contribution in [-0.2, 0) is 6.42 Å². The van der Waals surface area contributed by atoms with E-state index >= 15 is 0 Å². The van der Waals surface area contributed by atoms with Crippen molar-refractivity contribution in [3.8, 4) is 39.4 Å². The third kappa shape index (κ3) is 4.39. The summed E-state index contributed by atoms with van der Waals surface area (Å²) in [6, 6.07) is 32.5. The first-order chi connectivity index (χ1) is 21.7. The molecule has 0 N–H and O–H groups in total. The van der Waals surface area contributed by atoms with E-state index in [2.05, 4.69) is 122 Å². The Hall–Kier alpha value is -5.45. The predicted molar refractivity (Wildman–Crippen MR) is 183 cm³/mol. The molecule has 0 amide bonds. The Balaban J connectivity index is 1.14. The average Bonchev–Trinajstić information content (AvgIpc) is 3.17. The van der Waals surface area contributed by atoms with Crippen LogP contribution in [0, 0.1) is 17.2 Å². The molecule has 0 radical (unpaired) electrons. The maximum absolute atomic E-state index is 9.60. The van der Waals surface area contributed by atoms with E-state index in [0.717, 1.165) is 30.4 Å². The molecule has 208 valence electrons. The lowest BCUT2D eigenvalue weighted by atomic mass is 9.77.